The summed E-state index contributed by atoms with van der Waals surface area (Å²) in [4.78, 5) is 15.2. The zero-order chi connectivity index (χ0) is 16.8. The molecule has 0 fully saturated rings. The van der Waals surface area contributed by atoms with E-state index < -0.39 is 0 Å². The monoisotopic (exact) mass is 320 g/mol. The molecule has 0 saturated carbocycles. The van der Waals surface area contributed by atoms with Crippen LogP contribution >= 0.6 is 0 Å². The molecule has 0 spiro atoms. The Balaban J connectivity index is 2.07. The summed E-state index contributed by atoms with van der Waals surface area (Å²) in [6.45, 7) is 0.930. The van der Waals surface area contributed by atoms with Crippen molar-refractivity contribution in [2.45, 2.75) is 6.42 Å². The van der Waals surface area contributed by atoms with Crippen molar-refractivity contribution in [2.75, 3.05) is 27.7 Å². The fraction of sp³-hybridized carbons (Fsp3) is 0.250. The van der Waals surface area contributed by atoms with Crippen LogP contribution in [0.1, 0.15) is 15.9 Å². The Kier molecular flexibility index (Phi) is 3.43. The summed E-state index contributed by atoms with van der Waals surface area (Å²) < 4.78 is 7.39. The maximum atomic E-state index is 13.0. The topological polar surface area (TPSA) is 34.5 Å². The number of benzene rings is 2. The Labute approximate surface area is 141 Å². The van der Waals surface area contributed by atoms with Crippen LogP contribution in [0.2, 0.25) is 0 Å². The van der Waals surface area contributed by atoms with E-state index in [2.05, 4.69) is 25.1 Å². The highest BCUT2D eigenvalue weighted by molar-refractivity contribution is 6.16. The molecule has 0 radical (unpaired) electrons. The van der Waals surface area contributed by atoms with Crippen LogP contribution in [0.15, 0.2) is 42.5 Å². The van der Waals surface area contributed by atoms with Gasteiger partial charge in [0.05, 0.1) is 18.3 Å². The van der Waals surface area contributed by atoms with E-state index in [-0.39, 0.29) is 5.91 Å². The first kappa shape index (κ1) is 15.0. The van der Waals surface area contributed by atoms with Crippen molar-refractivity contribution in [2.24, 2.45) is 0 Å². The van der Waals surface area contributed by atoms with E-state index in [0.717, 1.165) is 46.4 Å². The third kappa shape index (κ3) is 2.00. The number of carbonyl (C=O) groups is 1. The predicted molar refractivity (Wildman–Crippen MR) is 95.9 cm³/mol. The van der Waals surface area contributed by atoms with E-state index in [1.54, 1.807) is 7.11 Å². The standard InChI is InChI=1S/C20H20N2O2/c1-21(2)12-11-15-13-9-6-10-17(24-3)19(13)22-18(15)14-7-4-5-8-16(14)20(22)23/h4-10H,11-12H2,1-3H3. The highest BCUT2D eigenvalue weighted by Gasteiger charge is 2.33. The first-order chi connectivity index (χ1) is 11.6. The molecule has 2 aromatic carbocycles. The van der Waals surface area contributed by atoms with Gasteiger partial charge in [-0.25, -0.2) is 0 Å². The van der Waals surface area contributed by atoms with Gasteiger partial charge in [0, 0.05) is 23.1 Å². The van der Waals surface area contributed by atoms with Crippen molar-refractivity contribution in [1.29, 1.82) is 0 Å². The molecule has 3 aromatic rings. The van der Waals surface area contributed by atoms with Gasteiger partial charge in [-0.3, -0.25) is 9.36 Å². The minimum absolute atomic E-state index is 0.0335. The lowest BCUT2D eigenvalue weighted by Gasteiger charge is -2.10. The fourth-order valence-corrected chi connectivity index (χ4v) is 3.61. The molecule has 0 aliphatic carbocycles. The van der Waals surface area contributed by atoms with Crippen LogP contribution in [-0.4, -0.2) is 43.1 Å². The number of hydrogen-bond acceptors (Lipinski definition) is 3. The molecule has 0 N–H and O–H groups in total. The first-order valence-electron chi connectivity index (χ1n) is 8.12. The largest absolute Gasteiger partial charge is 0.495 e. The van der Waals surface area contributed by atoms with Crippen LogP contribution in [-0.2, 0) is 6.42 Å². The molecule has 0 saturated heterocycles. The zero-order valence-corrected chi connectivity index (χ0v) is 14.2. The van der Waals surface area contributed by atoms with E-state index in [0.29, 0.717) is 0 Å². The highest BCUT2D eigenvalue weighted by atomic mass is 16.5. The highest BCUT2D eigenvalue weighted by Crippen LogP contribution is 2.43. The summed E-state index contributed by atoms with van der Waals surface area (Å²) >= 11 is 0. The molecule has 4 nitrogen and oxygen atoms in total. The molecule has 24 heavy (non-hydrogen) atoms. The predicted octanol–water partition coefficient (Wildman–Crippen LogP) is 3.42. The maximum Gasteiger partial charge on any atom is 0.263 e. The molecule has 0 bridgehead atoms. The van der Waals surface area contributed by atoms with Gasteiger partial charge < -0.3 is 9.64 Å². The maximum absolute atomic E-state index is 13.0. The summed E-state index contributed by atoms with van der Waals surface area (Å²) in [5.74, 6) is 0.775. The summed E-state index contributed by atoms with van der Waals surface area (Å²) in [7, 11) is 5.79. The molecule has 122 valence electrons. The molecule has 1 aromatic heterocycles. The number of rotatable bonds is 4. The summed E-state index contributed by atoms with van der Waals surface area (Å²) in [6, 6.07) is 13.9. The molecule has 0 amide bonds. The summed E-state index contributed by atoms with van der Waals surface area (Å²) in [5, 5.41) is 1.11. The van der Waals surface area contributed by atoms with Crippen molar-refractivity contribution in [3.8, 4) is 17.0 Å². The van der Waals surface area contributed by atoms with Gasteiger partial charge in [-0.2, -0.15) is 0 Å². The second-order valence-corrected chi connectivity index (χ2v) is 6.42. The van der Waals surface area contributed by atoms with Crippen molar-refractivity contribution in [1.82, 2.24) is 9.47 Å². The second kappa shape index (κ2) is 5.49. The van der Waals surface area contributed by atoms with Gasteiger partial charge in [-0.05, 0) is 38.2 Å². The van der Waals surface area contributed by atoms with Gasteiger partial charge in [-0.1, -0.05) is 30.3 Å². The number of likely N-dealkylation sites (N-methyl/N-ethyl adjacent to an activating group) is 1. The molecule has 0 unspecified atom stereocenters. The third-order valence-corrected chi connectivity index (χ3v) is 4.70. The molecule has 4 rings (SSSR count). The molecular weight excluding hydrogens is 300 g/mol. The number of methoxy groups -OCH3 is 1. The Morgan fingerprint density at radius 2 is 1.79 bits per heavy atom. The smallest absolute Gasteiger partial charge is 0.263 e. The SMILES string of the molecule is COc1cccc2c(CCN(C)C)c3n(c12)C(=O)c1ccccc1-3. The van der Waals surface area contributed by atoms with Gasteiger partial charge in [-0.15, -0.1) is 0 Å². The van der Waals surface area contributed by atoms with E-state index >= 15 is 0 Å². The van der Waals surface area contributed by atoms with Crippen LogP contribution in [0.5, 0.6) is 5.75 Å². The van der Waals surface area contributed by atoms with E-state index in [1.807, 2.05) is 41.0 Å². The third-order valence-electron chi connectivity index (χ3n) is 4.70. The fourth-order valence-electron chi connectivity index (χ4n) is 3.61. The van der Waals surface area contributed by atoms with Crippen LogP contribution in [0.3, 0.4) is 0 Å². The number of para-hydroxylation sites is 1. The Bertz CT molecular complexity index is 954. The zero-order valence-electron chi connectivity index (χ0n) is 14.2. The van der Waals surface area contributed by atoms with E-state index in [9.17, 15) is 4.79 Å². The lowest BCUT2D eigenvalue weighted by Crippen LogP contribution is -2.15. The number of aromatic nitrogens is 1. The Morgan fingerprint density at radius 3 is 2.50 bits per heavy atom. The lowest BCUT2D eigenvalue weighted by molar-refractivity contribution is 0.0973. The molecular formula is C20H20N2O2. The number of ether oxygens (including phenoxy) is 1. The second-order valence-electron chi connectivity index (χ2n) is 6.42. The van der Waals surface area contributed by atoms with Gasteiger partial charge in [0.2, 0.25) is 0 Å². The van der Waals surface area contributed by atoms with Gasteiger partial charge >= 0.3 is 0 Å². The average molecular weight is 320 g/mol. The number of carbonyl (C=O) groups excluding carboxylic acids is 1. The van der Waals surface area contributed by atoms with Crippen molar-refractivity contribution < 1.29 is 9.53 Å². The van der Waals surface area contributed by atoms with Crippen molar-refractivity contribution >= 4 is 16.8 Å². The Morgan fingerprint density at radius 1 is 1.04 bits per heavy atom. The van der Waals surface area contributed by atoms with Crippen molar-refractivity contribution in [3.63, 3.8) is 0 Å². The Hall–Kier alpha value is -2.59. The average Bonchev–Trinajstić information content (AvgIpc) is 3.07. The number of nitrogens with zero attached hydrogens (tertiary/aromatic N) is 2. The lowest BCUT2D eigenvalue weighted by atomic mass is 10.00. The van der Waals surface area contributed by atoms with Crippen LogP contribution in [0.25, 0.3) is 22.2 Å². The van der Waals surface area contributed by atoms with Crippen LogP contribution in [0.4, 0.5) is 0 Å². The molecule has 1 aliphatic rings. The van der Waals surface area contributed by atoms with Gasteiger partial charge in [0.1, 0.15) is 5.75 Å². The minimum atomic E-state index is 0.0335. The number of fused-ring (bicyclic) bond motifs is 5. The number of hydrogen-bond donors (Lipinski definition) is 0. The van der Waals surface area contributed by atoms with Crippen LogP contribution < -0.4 is 4.74 Å². The quantitative estimate of drug-likeness (QED) is 0.578. The molecule has 1 aliphatic heterocycles. The van der Waals surface area contributed by atoms with E-state index in [4.69, 9.17) is 4.74 Å². The molecule has 2 heterocycles. The summed E-state index contributed by atoms with van der Waals surface area (Å²) in [5.41, 5.74) is 4.92. The van der Waals surface area contributed by atoms with E-state index in [1.165, 1.54) is 5.56 Å². The van der Waals surface area contributed by atoms with Gasteiger partial charge in [0.25, 0.3) is 5.91 Å². The van der Waals surface area contributed by atoms with Crippen molar-refractivity contribution in [3.05, 3.63) is 53.6 Å². The normalized spacial score (nSPS) is 12.8. The minimum Gasteiger partial charge on any atom is -0.495 e. The van der Waals surface area contributed by atoms with Crippen LogP contribution in [0, 0.1) is 0 Å². The molecule has 0 atom stereocenters. The molecule has 4 heteroatoms. The first-order valence-corrected chi connectivity index (χ1v) is 8.12. The van der Waals surface area contributed by atoms with Gasteiger partial charge in [0.15, 0.2) is 0 Å². The summed E-state index contributed by atoms with van der Waals surface area (Å²) in [6.07, 6.45) is 0.889.